The second-order valence-electron chi connectivity index (χ2n) is 7.96. The Bertz CT molecular complexity index is 885. The zero-order valence-corrected chi connectivity index (χ0v) is 19.1. The molecular weight excluding hydrogens is 413 g/mol. The van der Waals surface area contributed by atoms with E-state index in [1.165, 1.54) is 12.3 Å². The summed E-state index contributed by atoms with van der Waals surface area (Å²) in [4.78, 5) is 20.1. The maximum atomic E-state index is 14.4. The second kappa shape index (κ2) is 12.5. The Kier molecular flexibility index (Phi) is 9.72. The number of carbonyl (C=O) groups excluding carboxylic acids is 1. The second-order valence-corrected chi connectivity index (χ2v) is 7.96. The molecule has 9 heteroatoms. The van der Waals surface area contributed by atoms with Crippen molar-refractivity contribution in [2.75, 3.05) is 19.6 Å². The van der Waals surface area contributed by atoms with E-state index < -0.39 is 17.5 Å². The molecule has 8 nitrogen and oxygen atoms in total. The van der Waals surface area contributed by atoms with E-state index in [4.69, 9.17) is 9.47 Å². The van der Waals surface area contributed by atoms with E-state index in [9.17, 15) is 9.18 Å². The first-order chi connectivity index (χ1) is 15.3. The van der Waals surface area contributed by atoms with Gasteiger partial charge in [-0.3, -0.25) is 4.98 Å². The summed E-state index contributed by atoms with van der Waals surface area (Å²) in [7, 11) is 0. The maximum Gasteiger partial charge on any atom is 0.407 e. The fourth-order valence-electron chi connectivity index (χ4n) is 2.57. The number of rotatable bonds is 9. The van der Waals surface area contributed by atoms with Gasteiger partial charge in [-0.2, -0.15) is 0 Å². The highest BCUT2D eigenvalue weighted by Gasteiger charge is 2.15. The van der Waals surface area contributed by atoms with Gasteiger partial charge in [-0.05, 0) is 63.9 Å². The highest BCUT2D eigenvalue weighted by Crippen LogP contribution is 2.24. The molecule has 0 bridgehead atoms. The molecular formula is C23H32FN5O3. The number of amides is 1. The lowest BCUT2D eigenvalue weighted by atomic mass is 10.2. The van der Waals surface area contributed by atoms with E-state index in [1.807, 2.05) is 27.7 Å². The summed E-state index contributed by atoms with van der Waals surface area (Å²) in [5.74, 6) is 0.749. The van der Waals surface area contributed by atoms with Crippen molar-refractivity contribution in [1.82, 2.24) is 20.9 Å². The van der Waals surface area contributed by atoms with Gasteiger partial charge < -0.3 is 25.4 Å². The Labute approximate surface area is 188 Å². The molecule has 2 aromatic rings. The first kappa shape index (κ1) is 24.9. The number of aromatic nitrogens is 1. The Morgan fingerprint density at radius 1 is 1.16 bits per heavy atom. The lowest BCUT2D eigenvalue weighted by Crippen LogP contribution is -2.39. The molecule has 0 radical (unpaired) electrons. The molecule has 0 unspecified atom stereocenters. The quantitative estimate of drug-likeness (QED) is 0.307. The number of guanidine groups is 1. The van der Waals surface area contributed by atoms with Crippen LogP contribution in [0.1, 0.15) is 39.7 Å². The van der Waals surface area contributed by atoms with Gasteiger partial charge in [0.25, 0.3) is 0 Å². The SMILES string of the molecule is CCNC(=NCc1ccc(Oc2cccnc2)c(F)c1)NCCCNC(=O)OC(C)(C)C. The predicted octanol–water partition coefficient (Wildman–Crippen LogP) is 3.98. The van der Waals surface area contributed by atoms with Crippen LogP contribution in [-0.2, 0) is 11.3 Å². The number of nitrogens with zero attached hydrogens (tertiary/aromatic N) is 2. The van der Waals surface area contributed by atoms with Crippen molar-refractivity contribution in [2.24, 2.45) is 4.99 Å². The average Bonchev–Trinajstić information content (AvgIpc) is 2.73. The van der Waals surface area contributed by atoms with Crippen molar-refractivity contribution in [3.8, 4) is 11.5 Å². The third-order valence-corrected chi connectivity index (χ3v) is 3.94. The van der Waals surface area contributed by atoms with Crippen molar-refractivity contribution >= 4 is 12.1 Å². The Morgan fingerprint density at radius 3 is 2.59 bits per heavy atom. The number of benzene rings is 1. The van der Waals surface area contributed by atoms with Crippen LogP contribution in [0.4, 0.5) is 9.18 Å². The summed E-state index contributed by atoms with van der Waals surface area (Å²) in [5, 5.41) is 9.05. The lowest BCUT2D eigenvalue weighted by Gasteiger charge is -2.19. The highest BCUT2D eigenvalue weighted by atomic mass is 19.1. The van der Waals surface area contributed by atoms with E-state index >= 15 is 0 Å². The summed E-state index contributed by atoms with van der Waals surface area (Å²) in [6, 6.07) is 8.19. The van der Waals surface area contributed by atoms with E-state index in [-0.39, 0.29) is 5.75 Å². The number of halogens is 1. The summed E-state index contributed by atoms with van der Waals surface area (Å²) < 4.78 is 25.1. The molecule has 1 heterocycles. The van der Waals surface area contributed by atoms with Crippen molar-refractivity contribution < 1.29 is 18.7 Å². The van der Waals surface area contributed by atoms with Gasteiger partial charge in [-0.15, -0.1) is 0 Å². The summed E-state index contributed by atoms with van der Waals surface area (Å²) in [6.45, 7) is 9.50. The van der Waals surface area contributed by atoms with Crippen LogP contribution in [0.15, 0.2) is 47.7 Å². The fourth-order valence-corrected chi connectivity index (χ4v) is 2.57. The van der Waals surface area contributed by atoms with Crippen LogP contribution >= 0.6 is 0 Å². The van der Waals surface area contributed by atoms with Crippen LogP contribution in [-0.4, -0.2) is 42.3 Å². The molecule has 1 amide bonds. The van der Waals surface area contributed by atoms with E-state index in [1.54, 1.807) is 30.5 Å². The minimum atomic E-state index is -0.518. The minimum absolute atomic E-state index is 0.133. The normalized spacial score (nSPS) is 11.6. The van der Waals surface area contributed by atoms with Crippen LogP contribution in [0.25, 0.3) is 0 Å². The number of ether oxygens (including phenoxy) is 2. The summed E-state index contributed by atoms with van der Waals surface area (Å²) in [6.07, 6.45) is 3.40. The molecule has 32 heavy (non-hydrogen) atoms. The van der Waals surface area contributed by atoms with Gasteiger partial charge in [0.15, 0.2) is 17.5 Å². The average molecular weight is 446 g/mol. The molecule has 0 aliphatic carbocycles. The summed E-state index contributed by atoms with van der Waals surface area (Å²) in [5.41, 5.74) is 0.195. The molecule has 0 aliphatic rings. The van der Waals surface area contributed by atoms with Crippen LogP contribution in [0, 0.1) is 5.82 Å². The van der Waals surface area contributed by atoms with Crippen molar-refractivity contribution in [3.05, 3.63) is 54.1 Å². The van der Waals surface area contributed by atoms with Gasteiger partial charge in [0.05, 0.1) is 12.7 Å². The van der Waals surface area contributed by atoms with Crippen molar-refractivity contribution in [2.45, 2.75) is 46.3 Å². The van der Waals surface area contributed by atoms with Crippen LogP contribution in [0.2, 0.25) is 0 Å². The number of hydrogen-bond donors (Lipinski definition) is 3. The third-order valence-electron chi connectivity index (χ3n) is 3.94. The molecule has 0 atom stereocenters. The maximum absolute atomic E-state index is 14.4. The number of aliphatic imine (C=N–C) groups is 1. The molecule has 0 spiro atoms. The van der Waals surface area contributed by atoms with Crippen LogP contribution in [0.5, 0.6) is 11.5 Å². The first-order valence-electron chi connectivity index (χ1n) is 10.6. The zero-order valence-electron chi connectivity index (χ0n) is 19.1. The molecule has 1 aromatic carbocycles. The largest absolute Gasteiger partial charge is 0.453 e. The molecule has 2 rings (SSSR count). The van der Waals surface area contributed by atoms with Gasteiger partial charge >= 0.3 is 6.09 Å². The zero-order chi connectivity index (χ0) is 23.4. The van der Waals surface area contributed by atoms with E-state index in [2.05, 4.69) is 25.9 Å². The minimum Gasteiger partial charge on any atom is -0.453 e. The molecule has 174 valence electrons. The molecule has 1 aromatic heterocycles. The van der Waals surface area contributed by atoms with E-state index in [0.29, 0.717) is 49.9 Å². The Morgan fingerprint density at radius 2 is 1.94 bits per heavy atom. The number of alkyl carbamates (subject to hydrolysis) is 1. The molecule has 0 saturated heterocycles. The monoisotopic (exact) mass is 445 g/mol. The highest BCUT2D eigenvalue weighted by molar-refractivity contribution is 5.79. The van der Waals surface area contributed by atoms with Crippen LogP contribution in [0.3, 0.4) is 0 Å². The number of hydrogen-bond acceptors (Lipinski definition) is 5. The topological polar surface area (TPSA) is 96.9 Å². The summed E-state index contributed by atoms with van der Waals surface area (Å²) >= 11 is 0. The van der Waals surface area contributed by atoms with Crippen LogP contribution < -0.4 is 20.7 Å². The molecule has 0 fully saturated rings. The smallest absolute Gasteiger partial charge is 0.407 e. The third kappa shape index (κ3) is 9.63. The van der Waals surface area contributed by atoms with E-state index in [0.717, 1.165) is 0 Å². The Balaban J connectivity index is 1.82. The standard InChI is InChI=1S/C23H32FN5O3/c1-5-26-21(27-12-7-13-28-22(30)32-23(2,3)4)29-15-17-9-10-20(19(24)14-17)31-18-8-6-11-25-16-18/h6,8-11,14,16H,5,7,12-13,15H2,1-4H3,(H,28,30)(H2,26,27,29). The van der Waals surface area contributed by atoms with Gasteiger partial charge in [-0.25, -0.2) is 14.2 Å². The van der Waals surface area contributed by atoms with Gasteiger partial charge in [0.2, 0.25) is 0 Å². The van der Waals surface area contributed by atoms with Gasteiger partial charge in [-0.1, -0.05) is 6.07 Å². The van der Waals surface area contributed by atoms with Gasteiger partial charge in [0, 0.05) is 25.8 Å². The molecule has 3 N–H and O–H groups in total. The number of nitrogens with one attached hydrogen (secondary N) is 3. The van der Waals surface area contributed by atoms with Crippen molar-refractivity contribution in [1.29, 1.82) is 0 Å². The number of carbonyl (C=O) groups is 1. The molecule has 0 aliphatic heterocycles. The lowest BCUT2D eigenvalue weighted by molar-refractivity contribution is 0.0527. The Hall–Kier alpha value is -3.36. The predicted molar refractivity (Wildman–Crippen MR) is 122 cm³/mol. The first-order valence-corrected chi connectivity index (χ1v) is 10.6. The van der Waals surface area contributed by atoms with Crippen molar-refractivity contribution in [3.63, 3.8) is 0 Å². The fraction of sp³-hybridized carbons (Fsp3) is 0.435. The molecule has 0 saturated carbocycles. The van der Waals surface area contributed by atoms with Gasteiger partial charge in [0.1, 0.15) is 11.4 Å². The number of pyridine rings is 1.